The Hall–Kier alpha value is -2.00. The minimum Gasteiger partial charge on any atom is -0.497 e. The second-order valence-corrected chi connectivity index (χ2v) is 5.31. The van der Waals surface area contributed by atoms with Crippen LogP contribution in [0, 0.1) is 0 Å². The predicted octanol–water partition coefficient (Wildman–Crippen LogP) is 3.77. The predicted molar refractivity (Wildman–Crippen MR) is 84.7 cm³/mol. The Balaban J connectivity index is 1.96. The van der Waals surface area contributed by atoms with E-state index >= 15 is 0 Å². The number of rotatable bonds is 5. The highest BCUT2D eigenvalue weighted by molar-refractivity contribution is 6.30. The summed E-state index contributed by atoms with van der Waals surface area (Å²) in [6.45, 7) is 1.95. The van der Waals surface area contributed by atoms with Gasteiger partial charge in [0.2, 0.25) is 5.91 Å². The van der Waals surface area contributed by atoms with Crippen LogP contribution in [0.2, 0.25) is 5.02 Å². The first-order valence-electron chi connectivity index (χ1n) is 6.76. The molecule has 1 amide bonds. The van der Waals surface area contributed by atoms with Crippen LogP contribution in [0.15, 0.2) is 48.5 Å². The lowest BCUT2D eigenvalue weighted by atomic mass is 10.1. The van der Waals surface area contributed by atoms with Crippen LogP contribution in [-0.4, -0.2) is 13.0 Å². The van der Waals surface area contributed by atoms with Crippen molar-refractivity contribution < 1.29 is 9.53 Å². The van der Waals surface area contributed by atoms with Gasteiger partial charge in [0, 0.05) is 5.02 Å². The third-order valence-electron chi connectivity index (χ3n) is 3.25. The van der Waals surface area contributed by atoms with Gasteiger partial charge in [0.25, 0.3) is 0 Å². The van der Waals surface area contributed by atoms with Crippen molar-refractivity contribution in [2.75, 3.05) is 7.11 Å². The fourth-order valence-corrected chi connectivity index (χ4v) is 2.20. The van der Waals surface area contributed by atoms with Gasteiger partial charge in [-0.05, 0) is 42.3 Å². The molecule has 0 spiro atoms. The van der Waals surface area contributed by atoms with Crippen molar-refractivity contribution in [1.29, 1.82) is 0 Å². The summed E-state index contributed by atoms with van der Waals surface area (Å²) in [5.41, 5.74) is 1.95. The molecule has 0 aliphatic rings. The SMILES string of the molecule is COc1cccc([C@H](C)NC(=O)Cc2ccc(Cl)cc2)c1. The Labute approximate surface area is 129 Å². The fourth-order valence-electron chi connectivity index (χ4n) is 2.07. The summed E-state index contributed by atoms with van der Waals surface area (Å²) >= 11 is 5.83. The Morgan fingerprint density at radius 3 is 2.62 bits per heavy atom. The molecule has 0 unspecified atom stereocenters. The molecule has 2 aromatic carbocycles. The van der Waals surface area contributed by atoms with Crippen LogP contribution in [0.25, 0.3) is 0 Å². The molecular formula is C17H18ClNO2. The van der Waals surface area contributed by atoms with E-state index in [1.807, 2.05) is 43.3 Å². The van der Waals surface area contributed by atoms with Crippen molar-refractivity contribution >= 4 is 17.5 Å². The van der Waals surface area contributed by atoms with Gasteiger partial charge in [0.05, 0.1) is 19.6 Å². The Bertz CT molecular complexity index is 610. The number of ether oxygens (including phenoxy) is 1. The number of hydrogen-bond donors (Lipinski definition) is 1. The molecule has 0 aliphatic heterocycles. The first-order valence-corrected chi connectivity index (χ1v) is 7.14. The van der Waals surface area contributed by atoms with Crippen molar-refractivity contribution in [3.05, 3.63) is 64.7 Å². The number of halogens is 1. The first kappa shape index (κ1) is 15.4. The molecule has 3 nitrogen and oxygen atoms in total. The van der Waals surface area contributed by atoms with E-state index < -0.39 is 0 Å². The second-order valence-electron chi connectivity index (χ2n) is 4.87. The maximum absolute atomic E-state index is 12.1. The van der Waals surface area contributed by atoms with Crippen LogP contribution in [0.4, 0.5) is 0 Å². The smallest absolute Gasteiger partial charge is 0.224 e. The maximum atomic E-state index is 12.1. The molecule has 110 valence electrons. The topological polar surface area (TPSA) is 38.3 Å². The Morgan fingerprint density at radius 2 is 1.95 bits per heavy atom. The average Bonchev–Trinajstić information content (AvgIpc) is 2.49. The van der Waals surface area contributed by atoms with E-state index in [1.54, 1.807) is 19.2 Å². The summed E-state index contributed by atoms with van der Waals surface area (Å²) in [7, 11) is 1.63. The monoisotopic (exact) mass is 303 g/mol. The van der Waals surface area contributed by atoms with Crippen molar-refractivity contribution in [2.45, 2.75) is 19.4 Å². The molecule has 0 aliphatic carbocycles. The zero-order valence-electron chi connectivity index (χ0n) is 12.1. The third kappa shape index (κ3) is 4.50. The number of hydrogen-bond acceptors (Lipinski definition) is 2. The van der Waals surface area contributed by atoms with Crippen molar-refractivity contribution in [3.8, 4) is 5.75 Å². The molecule has 0 heterocycles. The van der Waals surface area contributed by atoms with Crippen LogP contribution in [-0.2, 0) is 11.2 Å². The summed E-state index contributed by atoms with van der Waals surface area (Å²) in [6.07, 6.45) is 0.339. The molecule has 1 N–H and O–H groups in total. The van der Waals surface area contributed by atoms with Gasteiger partial charge < -0.3 is 10.1 Å². The molecule has 0 bridgehead atoms. The van der Waals surface area contributed by atoms with Crippen LogP contribution in [0.1, 0.15) is 24.1 Å². The van der Waals surface area contributed by atoms with Gasteiger partial charge in [-0.1, -0.05) is 35.9 Å². The van der Waals surface area contributed by atoms with Crippen LogP contribution in [0.5, 0.6) is 5.75 Å². The van der Waals surface area contributed by atoms with Gasteiger partial charge in [0.15, 0.2) is 0 Å². The molecular weight excluding hydrogens is 286 g/mol. The standard InChI is InChI=1S/C17H18ClNO2/c1-12(14-4-3-5-16(11-14)21-2)19-17(20)10-13-6-8-15(18)9-7-13/h3-9,11-12H,10H2,1-2H3,(H,19,20)/t12-/m0/s1. The van der Waals surface area contributed by atoms with Crippen LogP contribution >= 0.6 is 11.6 Å². The molecule has 4 heteroatoms. The van der Waals surface area contributed by atoms with E-state index in [9.17, 15) is 4.79 Å². The maximum Gasteiger partial charge on any atom is 0.224 e. The van der Waals surface area contributed by atoms with Crippen molar-refractivity contribution in [2.24, 2.45) is 0 Å². The van der Waals surface area contributed by atoms with Crippen LogP contribution in [0.3, 0.4) is 0 Å². The van der Waals surface area contributed by atoms with Gasteiger partial charge in [-0.25, -0.2) is 0 Å². The highest BCUT2D eigenvalue weighted by atomic mass is 35.5. The van der Waals surface area contributed by atoms with Crippen molar-refractivity contribution in [1.82, 2.24) is 5.32 Å². The van der Waals surface area contributed by atoms with Gasteiger partial charge in [0.1, 0.15) is 5.75 Å². The highest BCUT2D eigenvalue weighted by Gasteiger charge is 2.10. The van der Waals surface area contributed by atoms with E-state index in [-0.39, 0.29) is 11.9 Å². The van der Waals surface area contributed by atoms with E-state index in [2.05, 4.69) is 5.32 Å². The molecule has 2 aromatic rings. The van der Waals surface area contributed by atoms with Gasteiger partial charge in [-0.15, -0.1) is 0 Å². The number of nitrogens with one attached hydrogen (secondary N) is 1. The first-order chi connectivity index (χ1) is 10.1. The van der Waals surface area contributed by atoms with Gasteiger partial charge in [-0.2, -0.15) is 0 Å². The molecule has 0 radical (unpaired) electrons. The average molecular weight is 304 g/mol. The molecule has 2 rings (SSSR count). The van der Waals surface area contributed by atoms with Crippen molar-refractivity contribution in [3.63, 3.8) is 0 Å². The summed E-state index contributed by atoms with van der Waals surface area (Å²) < 4.78 is 5.19. The Morgan fingerprint density at radius 1 is 1.24 bits per heavy atom. The highest BCUT2D eigenvalue weighted by Crippen LogP contribution is 2.19. The zero-order valence-corrected chi connectivity index (χ0v) is 12.9. The number of amides is 1. The van der Waals surface area contributed by atoms with Gasteiger partial charge in [-0.3, -0.25) is 4.79 Å². The molecule has 0 saturated heterocycles. The lowest BCUT2D eigenvalue weighted by Crippen LogP contribution is -2.28. The quantitative estimate of drug-likeness (QED) is 0.913. The largest absolute Gasteiger partial charge is 0.497 e. The summed E-state index contributed by atoms with van der Waals surface area (Å²) in [4.78, 5) is 12.1. The lowest BCUT2D eigenvalue weighted by Gasteiger charge is -2.15. The third-order valence-corrected chi connectivity index (χ3v) is 3.50. The molecule has 0 saturated carbocycles. The minimum absolute atomic E-state index is 0.0207. The molecule has 21 heavy (non-hydrogen) atoms. The summed E-state index contributed by atoms with van der Waals surface area (Å²) in [6, 6.07) is 14.9. The normalized spacial score (nSPS) is 11.8. The number of carbonyl (C=O) groups excluding carboxylic acids is 1. The fraction of sp³-hybridized carbons (Fsp3) is 0.235. The second kappa shape index (κ2) is 7.14. The number of carbonyl (C=O) groups is 1. The minimum atomic E-state index is -0.0695. The summed E-state index contributed by atoms with van der Waals surface area (Å²) in [5.74, 6) is 0.763. The zero-order chi connectivity index (χ0) is 15.2. The van der Waals surface area contributed by atoms with Gasteiger partial charge >= 0.3 is 0 Å². The number of benzene rings is 2. The number of methoxy groups -OCH3 is 1. The molecule has 0 fully saturated rings. The Kier molecular flexibility index (Phi) is 5.23. The van der Waals surface area contributed by atoms with E-state index in [0.29, 0.717) is 11.4 Å². The molecule has 1 atom stereocenters. The van der Waals surface area contributed by atoms with Crippen LogP contribution < -0.4 is 10.1 Å². The summed E-state index contributed by atoms with van der Waals surface area (Å²) in [5, 5.41) is 3.65. The van der Waals surface area contributed by atoms with E-state index in [0.717, 1.165) is 16.9 Å². The van der Waals surface area contributed by atoms with E-state index in [4.69, 9.17) is 16.3 Å². The lowest BCUT2D eigenvalue weighted by molar-refractivity contribution is -0.121. The van der Waals surface area contributed by atoms with E-state index in [1.165, 1.54) is 0 Å². The molecule has 0 aromatic heterocycles.